The fraction of sp³-hybridized carbons (Fsp3) is 0.0769. The lowest BCUT2D eigenvalue weighted by atomic mass is 10.0. The summed E-state index contributed by atoms with van der Waals surface area (Å²) in [5.41, 5.74) is 3.73. The Morgan fingerprint density at radius 3 is 2.44 bits per heavy atom. The maximum absolute atomic E-state index is 13.2. The highest BCUT2D eigenvalue weighted by molar-refractivity contribution is 7.89. The summed E-state index contributed by atoms with van der Waals surface area (Å²) in [5, 5.41) is 6.18. The molecular formula is C26H21ClFN3O4S. The SMILES string of the molecule is O=C(CNS(=O)(=O)c1ccc(Cl)cc1)N/N=C/c1c(OCc2ccc(F)cc2)ccc2ccccc12. The highest BCUT2D eigenvalue weighted by atomic mass is 35.5. The van der Waals surface area contributed by atoms with Crippen LogP contribution in [0.1, 0.15) is 11.1 Å². The predicted molar refractivity (Wildman–Crippen MR) is 137 cm³/mol. The first-order chi connectivity index (χ1) is 17.3. The Bertz CT molecular complexity index is 1510. The molecule has 0 saturated carbocycles. The Balaban J connectivity index is 1.45. The number of rotatable bonds is 9. The molecule has 0 heterocycles. The van der Waals surface area contributed by atoms with Crippen LogP contribution in [0.4, 0.5) is 4.39 Å². The minimum atomic E-state index is -3.89. The summed E-state index contributed by atoms with van der Waals surface area (Å²) in [6, 6.07) is 22.8. The number of benzene rings is 4. The third-order valence-corrected chi connectivity index (χ3v) is 6.84. The van der Waals surface area contributed by atoms with Crippen LogP contribution in [-0.2, 0) is 21.4 Å². The summed E-state index contributed by atoms with van der Waals surface area (Å²) in [5.74, 6) is -0.472. The van der Waals surface area contributed by atoms with Gasteiger partial charge >= 0.3 is 0 Å². The second-order valence-corrected chi connectivity index (χ2v) is 9.89. The van der Waals surface area contributed by atoms with Crippen LogP contribution in [-0.4, -0.2) is 27.1 Å². The number of hydrogen-bond acceptors (Lipinski definition) is 5. The summed E-state index contributed by atoms with van der Waals surface area (Å²) in [4.78, 5) is 12.2. The number of hydrazone groups is 1. The molecule has 1 amide bonds. The van der Waals surface area contributed by atoms with Gasteiger partial charge in [-0.25, -0.2) is 23.0 Å². The molecular weight excluding hydrogens is 505 g/mol. The molecule has 0 bridgehead atoms. The van der Waals surface area contributed by atoms with Gasteiger partial charge in [-0.15, -0.1) is 0 Å². The third-order valence-electron chi connectivity index (χ3n) is 5.17. The molecule has 4 aromatic carbocycles. The lowest BCUT2D eigenvalue weighted by Gasteiger charge is -2.12. The monoisotopic (exact) mass is 525 g/mol. The van der Waals surface area contributed by atoms with Gasteiger partial charge in [-0.2, -0.15) is 5.10 Å². The van der Waals surface area contributed by atoms with Gasteiger partial charge in [-0.05, 0) is 58.8 Å². The van der Waals surface area contributed by atoms with Gasteiger partial charge in [0.05, 0.1) is 17.7 Å². The van der Waals surface area contributed by atoms with Gasteiger partial charge in [0.1, 0.15) is 18.2 Å². The number of nitrogens with zero attached hydrogens (tertiary/aromatic N) is 1. The molecule has 7 nitrogen and oxygen atoms in total. The van der Waals surface area contributed by atoms with E-state index in [1.165, 1.54) is 42.6 Å². The molecule has 0 fully saturated rings. The van der Waals surface area contributed by atoms with Crippen LogP contribution in [0, 0.1) is 5.82 Å². The van der Waals surface area contributed by atoms with Crippen LogP contribution in [0.5, 0.6) is 5.75 Å². The van der Waals surface area contributed by atoms with Crippen molar-refractivity contribution in [2.24, 2.45) is 5.10 Å². The number of hydrogen-bond donors (Lipinski definition) is 2. The highest BCUT2D eigenvalue weighted by Gasteiger charge is 2.15. The van der Waals surface area contributed by atoms with E-state index >= 15 is 0 Å². The molecule has 0 aliphatic carbocycles. The van der Waals surface area contributed by atoms with E-state index in [9.17, 15) is 17.6 Å². The average molecular weight is 526 g/mol. The normalized spacial score (nSPS) is 11.6. The quantitative estimate of drug-likeness (QED) is 0.246. The smallest absolute Gasteiger partial charge is 0.255 e. The number of sulfonamides is 1. The van der Waals surface area contributed by atoms with Crippen molar-refractivity contribution in [1.82, 2.24) is 10.1 Å². The van der Waals surface area contributed by atoms with Crippen LogP contribution < -0.4 is 14.9 Å². The fourth-order valence-electron chi connectivity index (χ4n) is 3.34. The molecule has 4 aromatic rings. The van der Waals surface area contributed by atoms with Crippen LogP contribution >= 0.6 is 11.6 Å². The molecule has 0 saturated heterocycles. The number of halogens is 2. The minimum absolute atomic E-state index is 0.0121. The van der Waals surface area contributed by atoms with E-state index in [4.69, 9.17) is 16.3 Å². The topological polar surface area (TPSA) is 96.9 Å². The minimum Gasteiger partial charge on any atom is -0.488 e. The van der Waals surface area contributed by atoms with Crippen LogP contribution in [0.3, 0.4) is 0 Å². The zero-order valence-corrected chi connectivity index (χ0v) is 20.4. The number of amides is 1. The van der Waals surface area contributed by atoms with E-state index in [0.717, 1.165) is 16.3 Å². The van der Waals surface area contributed by atoms with Crippen molar-refractivity contribution in [1.29, 1.82) is 0 Å². The zero-order chi connectivity index (χ0) is 25.5. The van der Waals surface area contributed by atoms with Gasteiger partial charge in [0.15, 0.2) is 0 Å². The zero-order valence-electron chi connectivity index (χ0n) is 18.8. The van der Waals surface area contributed by atoms with Crippen molar-refractivity contribution in [2.45, 2.75) is 11.5 Å². The third kappa shape index (κ3) is 6.45. The van der Waals surface area contributed by atoms with Gasteiger partial charge < -0.3 is 4.74 Å². The van der Waals surface area contributed by atoms with Gasteiger partial charge in [-0.3, -0.25) is 4.79 Å². The van der Waals surface area contributed by atoms with E-state index in [1.54, 1.807) is 18.2 Å². The molecule has 0 aromatic heterocycles. The van der Waals surface area contributed by atoms with Crippen molar-refractivity contribution < 1.29 is 22.3 Å². The van der Waals surface area contributed by atoms with E-state index < -0.39 is 22.5 Å². The van der Waals surface area contributed by atoms with Gasteiger partial charge in [0.2, 0.25) is 10.0 Å². The highest BCUT2D eigenvalue weighted by Crippen LogP contribution is 2.27. The van der Waals surface area contributed by atoms with Gasteiger partial charge in [0.25, 0.3) is 5.91 Å². The number of nitrogens with one attached hydrogen (secondary N) is 2. The van der Waals surface area contributed by atoms with E-state index in [0.29, 0.717) is 16.3 Å². The average Bonchev–Trinajstić information content (AvgIpc) is 2.88. The van der Waals surface area contributed by atoms with Crippen molar-refractivity contribution in [3.63, 3.8) is 0 Å². The molecule has 0 atom stereocenters. The fourth-order valence-corrected chi connectivity index (χ4v) is 4.45. The summed E-state index contributed by atoms with van der Waals surface area (Å²) < 4.78 is 46.0. The van der Waals surface area contributed by atoms with E-state index in [1.807, 2.05) is 30.3 Å². The van der Waals surface area contributed by atoms with Crippen LogP contribution in [0.2, 0.25) is 5.02 Å². The number of carbonyl (C=O) groups is 1. The number of ether oxygens (including phenoxy) is 1. The molecule has 36 heavy (non-hydrogen) atoms. The van der Waals surface area contributed by atoms with E-state index in [-0.39, 0.29) is 17.3 Å². The lowest BCUT2D eigenvalue weighted by Crippen LogP contribution is -2.34. The molecule has 0 aliphatic rings. The van der Waals surface area contributed by atoms with Crippen molar-refractivity contribution in [3.05, 3.63) is 107 Å². The number of carbonyl (C=O) groups excluding carboxylic acids is 1. The summed E-state index contributed by atoms with van der Waals surface area (Å²) in [6.45, 7) is -0.302. The van der Waals surface area contributed by atoms with Gasteiger partial charge in [0, 0.05) is 10.6 Å². The molecule has 0 radical (unpaired) electrons. The van der Waals surface area contributed by atoms with Gasteiger partial charge in [-0.1, -0.05) is 54.1 Å². The Kier molecular flexibility index (Phi) is 7.94. The summed E-state index contributed by atoms with van der Waals surface area (Å²) in [7, 11) is -3.89. The molecule has 10 heteroatoms. The Hall–Kier alpha value is -3.79. The second-order valence-electron chi connectivity index (χ2n) is 7.69. The molecule has 4 rings (SSSR count). The first-order valence-electron chi connectivity index (χ1n) is 10.8. The molecule has 184 valence electrons. The van der Waals surface area contributed by atoms with Crippen molar-refractivity contribution >= 4 is 44.5 Å². The summed E-state index contributed by atoms with van der Waals surface area (Å²) >= 11 is 5.78. The molecule has 0 spiro atoms. The van der Waals surface area contributed by atoms with Crippen molar-refractivity contribution in [3.8, 4) is 5.75 Å². The Morgan fingerprint density at radius 1 is 0.972 bits per heavy atom. The van der Waals surface area contributed by atoms with Crippen LogP contribution in [0.15, 0.2) is 94.9 Å². The maximum Gasteiger partial charge on any atom is 0.255 e. The standard InChI is InChI=1S/C26H21ClFN3O4S/c27-20-8-12-22(13-9-20)36(33,34)30-16-26(32)31-29-15-24-23-4-2-1-3-19(23)7-14-25(24)35-17-18-5-10-21(28)11-6-18/h1-15,30H,16-17H2,(H,31,32)/b29-15+. The largest absolute Gasteiger partial charge is 0.488 e. The molecule has 0 unspecified atom stereocenters. The van der Waals surface area contributed by atoms with E-state index in [2.05, 4.69) is 15.2 Å². The number of fused-ring (bicyclic) bond motifs is 1. The molecule has 2 N–H and O–H groups in total. The maximum atomic E-state index is 13.2. The Labute approximate surface area is 212 Å². The first kappa shape index (κ1) is 25.3. The molecule has 0 aliphatic heterocycles. The van der Waals surface area contributed by atoms with Crippen molar-refractivity contribution in [2.75, 3.05) is 6.54 Å². The van der Waals surface area contributed by atoms with Crippen LogP contribution in [0.25, 0.3) is 10.8 Å². The Morgan fingerprint density at radius 2 is 1.69 bits per heavy atom. The predicted octanol–water partition coefficient (Wildman–Crippen LogP) is 4.64. The second kappa shape index (κ2) is 11.3. The summed E-state index contributed by atoms with van der Waals surface area (Å²) in [6.07, 6.45) is 1.44. The first-order valence-corrected chi connectivity index (χ1v) is 12.6. The lowest BCUT2D eigenvalue weighted by molar-refractivity contribution is -0.119.